The van der Waals surface area contributed by atoms with Crippen molar-refractivity contribution < 1.29 is 22.7 Å². The summed E-state index contributed by atoms with van der Waals surface area (Å²) in [6.07, 6.45) is 0. The first-order chi connectivity index (χ1) is 14.4. The highest BCUT2D eigenvalue weighted by Gasteiger charge is 2.22. The predicted molar refractivity (Wildman–Crippen MR) is 114 cm³/mol. The minimum Gasteiger partial charge on any atom is -0.497 e. The van der Waals surface area contributed by atoms with Gasteiger partial charge in [-0.25, -0.2) is 8.42 Å². The van der Waals surface area contributed by atoms with Crippen LogP contribution < -0.4 is 19.5 Å². The maximum absolute atomic E-state index is 12.5. The van der Waals surface area contributed by atoms with Gasteiger partial charge >= 0.3 is 0 Å². The third kappa shape index (κ3) is 5.59. The lowest BCUT2D eigenvalue weighted by molar-refractivity contribution is -0.117. The number of para-hydroxylation sites is 1. The van der Waals surface area contributed by atoms with E-state index in [1.165, 1.54) is 26.2 Å². The van der Waals surface area contributed by atoms with Crippen LogP contribution in [0.15, 0.2) is 83.8 Å². The van der Waals surface area contributed by atoms with Gasteiger partial charge in [-0.05, 0) is 67.6 Å². The first-order valence-electron chi connectivity index (χ1n) is 9.17. The molecule has 0 heterocycles. The van der Waals surface area contributed by atoms with Crippen molar-refractivity contribution in [1.82, 2.24) is 4.72 Å². The van der Waals surface area contributed by atoms with Crippen LogP contribution in [-0.4, -0.2) is 27.5 Å². The average Bonchev–Trinajstić information content (AvgIpc) is 2.75. The second-order valence-electron chi connectivity index (χ2n) is 6.45. The number of anilines is 1. The molecular weight excluding hydrogens is 404 g/mol. The molecule has 0 aromatic heterocycles. The van der Waals surface area contributed by atoms with Crippen LogP contribution >= 0.6 is 0 Å². The van der Waals surface area contributed by atoms with E-state index in [4.69, 9.17) is 9.47 Å². The second-order valence-corrected chi connectivity index (χ2v) is 8.16. The lowest BCUT2D eigenvalue weighted by Crippen LogP contribution is -2.41. The number of carbonyl (C=O) groups is 1. The highest BCUT2D eigenvalue weighted by atomic mass is 32.2. The number of carbonyl (C=O) groups excluding carboxylic acids is 1. The van der Waals surface area contributed by atoms with E-state index in [0.717, 1.165) is 0 Å². The van der Waals surface area contributed by atoms with Crippen molar-refractivity contribution in [3.8, 4) is 17.2 Å². The molecule has 0 saturated heterocycles. The van der Waals surface area contributed by atoms with Gasteiger partial charge in [0.2, 0.25) is 15.9 Å². The van der Waals surface area contributed by atoms with Crippen LogP contribution in [0, 0.1) is 0 Å². The monoisotopic (exact) mass is 426 g/mol. The molecular formula is C22H22N2O5S. The van der Waals surface area contributed by atoms with Gasteiger partial charge in [0.15, 0.2) is 0 Å². The molecule has 1 unspecified atom stereocenters. The minimum atomic E-state index is -3.85. The van der Waals surface area contributed by atoms with Crippen LogP contribution in [0.5, 0.6) is 17.2 Å². The van der Waals surface area contributed by atoms with Crippen LogP contribution in [0.25, 0.3) is 0 Å². The van der Waals surface area contributed by atoms with Crippen LogP contribution in [-0.2, 0) is 14.8 Å². The topological polar surface area (TPSA) is 93.7 Å². The van der Waals surface area contributed by atoms with E-state index in [1.54, 1.807) is 36.4 Å². The Morgan fingerprint density at radius 3 is 2.00 bits per heavy atom. The molecule has 0 aliphatic heterocycles. The number of rotatable bonds is 8. The number of nitrogens with one attached hydrogen (secondary N) is 2. The minimum absolute atomic E-state index is 0.0466. The summed E-state index contributed by atoms with van der Waals surface area (Å²) < 4.78 is 38.0. The van der Waals surface area contributed by atoms with E-state index in [2.05, 4.69) is 10.0 Å². The van der Waals surface area contributed by atoms with Gasteiger partial charge in [0.05, 0.1) is 18.0 Å². The SMILES string of the molecule is COc1ccc(S(=O)(=O)NC(C)C(=O)Nc2ccc(Oc3ccccc3)cc2)cc1. The maximum atomic E-state index is 12.5. The van der Waals surface area contributed by atoms with Crippen molar-refractivity contribution >= 4 is 21.6 Å². The zero-order chi connectivity index (χ0) is 21.6. The molecule has 0 spiro atoms. The zero-order valence-electron chi connectivity index (χ0n) is 16.5. The Labute approximate surface area is 175 Å². The molecule has 156 valence electrons. The largest absolute Gasteiger partial charge is 0.497 e. The Morgan fingerprint density at radius 1 is 0.833 bits per heavy atom. The van der Waals surface area contributed by atoms with Crippen molar-refractivity contribution in [1.29, 1.82) is 0 Å². The van der Waals surface area contributed by atoms with Gasteiger partial charge in [0.1, 0.15) is 17.2 Å². The highest BCUT2D eigenvalue weighted by molar-refractivity contribution is 7.89. The maximum Gasteiger partial charge on any atom is 0.242 e. The van der Waals surface area contributed by atoms with Crippen LogP contribution in [0.1, 0.15) is 6.92 Å². The zero-order valence-corrected chi connectivity index (χ0v) is 17.3. The number of ether oxygens (including phenoxy) is 2. The van der Waals surface area contributed by atoms with Crippen LogP contribution in [0.2, 0.25) is 0 Å². The molecule has 1 atom stereocenters. The Morgan fingerprint density at radius 2 is 1.40 bits per heavy atom. The van der Waals surface area contributed by atoms with Crippen molar-refractivity contribution in [2.75, 3.05) is 12.4 Å². The fraction of sp³-hybridized carbons (Fsp3) is 0.136. The molecule has 8 heteroatoms. The molecule has 0 aliphatic carbocycles. The molecule has 3 aromatic carbocycles. The summed E-state index contributed by atoms with van der Waals surface area (Å²) in [5, 5.41) is 2.68. The summed E-state index contributed by atoms with van der Waals surface area (Å²) in [7, 11) is -2.35. The van der Waals surface area contributed by atoms with Gasteiger partial charge in [0.25, 0.3) is 0 Å². The molecule has 0 bridgehead atoms. The van der Waals surface area contributed by atoms with E-state index in [9.17, 15) is 13.2 Å². The highest BCUT2D eigenvalue weighted by Crippen LogP contribution is 2.23. The number of hydrogen-bond acceptors (Lipinski definition) is 5. The summed E-state index contributed by atoms with van der Waals surface area (Å²) in [6, 6.07) is 21.1. The molecule has 0 fully saturated rings. The number of hydrogen-bond donors (Lipinski definition) is 2. The van der Waals surface area contributed by atoms with Gasteiger partial charge < -0.3 is 14.8 Å². The molecule has 3 rings (SSSR count). The van der Waals surface area contributed by atoms with Gasteiger partial charge in [-0.2, -0.15) is 4.72 Å². The summed E-state index contributed by atoms with van der Waals surface area (Å²) in [5.74, 6) is 1.38. The Kier molecular flexibility index (Phi) is 6.71. The van der Waals surface area contributed by atoms with E-state index in [1.807, 2.05) is 30.3 Å². The average molecular weight is 426 g/mol. The van der Waals surface area contributed by atoms with Gasteiger partial charge in [-0.3, -0.25) is 4.79 Å². The summed E-state index contributed by atoms with van der Waals surface area (Å²) in [6.45, 7) is 1.48. The van der Waals surface area contributed by atoms with Gasteiger partial charge in [0, 0.05) is 5.69 Å². The van der Waals surface area contributed by atoms with Crippen molar-refractivity contribution in [3.63, 3.8) is 0 Å². The first kappa shape index (κ1) is 21.4. The molecule has 30 heavy (non-hydrogen) atoms. The van der Waals surface area contributed by atoms with E-state index < -0.39 is 22.0 Å². The van der Waals surface area contributed by atoms with E-state index in [-0.39, 0.29) is 4.90 Å². The molecule has 1 amide bonds. The van der Waals surface area contributed by atoms with Crippen LogP contribution in [0.4, 0.5) is 5.69 Å². The van der Waals surface area contributed by atoms with E-state index >= 15 is 0 Å². The van der Waals surface area contributed by atoms with Crippen molar-refractivity contribution in [3.05, 3.63) is 78.9 Å². The normalized spacial score (nSPS) is 12.1. The number of sulfonamides is 1. The fourth-order valence-corrected chi connectivity index (χ4v) is 3.79. The Hall–Kier alpha value is -3.36. The third-order valence-electron chi connectivity index (χ3n) is 4.20. The number of methoxy groups -OCH3 is 1. The number of amides is 1. The standard InChI is InChI=1S/C22H22N2O5S/c1-16(24-30(26,27)21-14-12-18(28-2)13-15-21)22(25)23-17-8-10-20(11-9-17)29-19-6-4-3-5-7-19/h3-16,24H,1-2H3,(H,23,25). The van der Waals surface area contributed by atoms with Crippen LogP contribution in [0.3, 0.4) is 0 Å². The molecule has 7 nitrogen and oxygen atoms in total. The number of benzene rings is 3. The third-order valence-corrected chi connectivity index (χ3v) is 5.75. The molecule has 0 radical (unpaired) electrons. The van der Waals surface area contributed by atoms with Gasteiger partial charge in [-0.1, -0.05) is 18.2 Å². The smallest absolute Gasteiger partial charge is 0.242 e. The molecule has 0 saturated carbocycles. The van der Waals surface area contributed by atoms with Crippen molar-refractivity contribution in [2.24, 2.45) is 0 Å². The lowest BCUT2D eigenvalue weighted by atomic mass is 10.2. The Balaban J connectivity index is 1.59. The summed E-state index contributed by atoms with van der Waals surface area (Å²) in [4.78, 5) is 12.5. The molecule has 3 aromatic rings. The summed E-state index contributed by atoms with van der Waals surface area (Å²) in [5.41, 5.74) is 0.524. The second kappa shape index (κ2) is 9.43. The summed E-state index contributed by atoms with van der Waals surface area (Å²) >= 11 is 0. The van der Waals surface area contributed by atoms with Gasteiger partial charge in [-0.15, -0.1) is 0 Å². The molecule has 2 N–H and O–H groups in total. The quantitative estimate of drug-likeness (QED) is 0.572. The fourth-order valence-electron chi connectivity index (χ4n) is 2.59. The molecule has 0 aliphatic rings. The Bertz CT molecular complexity index is 1080. The van der Waals surface area contributed by atoms with E-state index in [0.29, 0.717) is 22.9 Å². The predicted octanol–water partition coefficient (Wildman–Crippen LogP) is 3.79. The first-order valence-corrected chi connectivity index (χ1v) is 10.7. The van der Waals surface area contributed by atoms with Crippen molar-refractivity contribution in [2.45, 2.75) is 17.9 Å². The lowest BCUT2D eigenvalue weighted by Gasteiger charge is -2.15.